The summed E-state index contributed by atoms with van der Waals surface area (Å²) in [5.74, 6) is -0.838. The minimum absolute atomic E-state index is 0.355. The van der Waals surface area contributed by atoms with Gasteiger partial charge in [-0.2, -0.15) is 0 Å². The van der Waals surface area contributed by atoms with Gasteiger partial charge in [-0.1, -0.05) is 5.16 Å². The predicted molar refractivity (Wildman–Crippen MR) is 50.8 cm³/mol. The van der Waals surface area contributed by atoms with E-state index in [-0.39, 0.29) is 5.90 Å². The van der Waals surface area contributed by atoms with Gasteiger partial charge in [-0.05, 0) is 0 Å². The fourth-order valence-corrected chi connectivity index (χ4v) is 1.46. The van der Waals surface area contributed by atoms with Crippen molar-refractivity contribution in [1.82, 2.24) is 5.32 Å². The van der Waals surface area contributed by atoms with Crippen molar-refractivity contribution in [2.75, 3.05) is 6.61 Å². The summed E-state index contributed by atoms with van der Waals surface area (Å²) in [5.41, 5.74) is 0. The van der Waals surface area contributed by atoms with Crippen LogP contribution in [0.5, 0.6) is 0 Å². The Bertz CT molecular complexity index is 294. The van der Waals surface area contributed by atoms with Gasteiger partial charge in [-0.15, -0.1) is 0 Å². The molecule has 1 amide bonds. The van der Waals surface area contributed by atoms with Crippen LogP contribution < -0.4 is 5.32 Å². The van der Waals surface area contributed by atoms with Crippen LogP contribution in [0.1, 0.15) is 6.92 Å². The molecule has 0 aromatic rings. The maximum atomic E-state index is 10.8. The highest BCUT2D eigenvalue weighted by Gasteiger charge is 2.43. The first-order valence-corrected chi connectivity index (χ1v) is 4.64. The third-order valence-corrected chi connectivity index (χ3v) is 2.25. The molecule has 0 spiro atoms. The first-order chi connectivity index (χ1) is 7.51. The van der Waals surface area contributed by atoms with E-state index in [1.54, 1.807) is 0 Å². The number of carbonyl (C=O) groups excluding carboxylic acids is 1. The van der Waals surface area contributed by atoms with Crippen molar-refractivity contribution in [2.45, 2.75) is 31.3 Å². The lowest BCUT2D eigenvalue weighted by Gasteiger charge is -2.37. The number of rotatable bonds is 2. The molecule has 8 heteroatoms. The molecule has 0 aromatic carbocycles. The summed E-state index contributed by atoms with van der Waals surface area (Å²) >= 11 is 0. The van der Waals surface area contributed by atoms with Crippen LogP contribution in [0.3, 0.4) is 0 Å². The molecule has 1 heterocycles. The van der Waals surface area contributed by atoms with Gasteiger partial charge in [-0.3, -0.25) is 4.79 Å². The van der Waals surface area contributed by atoms with Gasteiger partial charge in [0.05, 0.1) is 6.61 Å². The summed E-state index contributed by atoms with van der Waals surface area (Å²) in [5, 5.41) is 41.6. The van der Waals surface area contributed by atoms with Gasteiger partial charge in [0.25, 0.3) is 5.90 Å². The predicted octanol–water partition coefficient (Wildman–Crippen LogP) is -2.61. The largest absolute Gasteiger partial charge is 0.468 e. The van der Waals surface area contributed by atoms with Crippen LogP contribution >= 0.6 is 0 Å². The van der Waals surface area contributed by atoms with Crippen molar-refractivity contribution in [3.8, 4) is 0 Å². The van der Waals surface area contributed by atoms with Gasteiger partial charge in [0.15, 0.2) is 6.10 Å². The van der Waals surface area contributed by atoms with Gasteiger partial charge in [0.2, 0.25) is 5.91 Å². The van der Waals surface area contributed by atoms with Gasteiger partial charge < -0.3 is 30.6 Å². The lowest BCUT2D eigenvalue weighted by atomic mass is 9.97. The maximum Gasteiger partial charge on any atom is 0.251 e. The normalized spacial score (nSPS) is 36.9. The number of nitrogens with zero attached hydrogens (tertiary/aromatic N) is 1. The molecule has 4 atom stereocenters. The molecule has 1 fully saturated rings. The molecule has 3 unspecified atom stereocenters. The number of hydrogen-bond donors (Lipinski definition) is 5. The number of ether oxygens (including phenoxy) is 1. The van der Waals surface area contributed by atoms with Gasteiger partial charge in [0, 0.05) is 6.92 Å². The van der Waals surface area contributed by atoms with Crippen LogP contribution in [-0.4, -0.2) is 63.3 Å². The molecule has 5 N–H and O–H groups in total. The van der Waals surface area contributed by atoms with E-state index in [9.17, 15) is 15.0 Å². The molecule has 1 saturated heterocycles. The number of amides is 1. The topological polar surface area (TPSA) is 132 Å². The number of oxime groups is 1. The molecule has 1 aliphatic rings. The second-order valence-corrected chi connectivity index (χ2v) is 3.44. The molecule has 0 aromatic heterocycles. The van der Waals surface area contributed by atoms with Gasteiger partial charge in [-0.25, -0.2) is 0 Å². The SMILES string of the molecule is CC(=O)NC1C(=NO)OC(CO)[C@@H](O)C1O. The lowest BCUT2D eigenvalue weighted by Crippen LogP contribution is -2.62. The van der Waals surface area contributed by atoms with Crippen molar-refractivity contribution in [1.29, 1.82) is 0 Å². The molecular formula is C8H14N2O6. The number of nitrogens with one attached hydrogen (secondary N) is 1. The van der Waals surface area contributed by atoms with Crippen molar-refractivity contribution in [3.63, 3.8) is 0 Å². The molecule has 0 saturated carbocycles. The summed E-state index contributed by atoms with van der Waals surface area (Å²) in [6, 6.07) is -1.14. The molecule has 8 nitrogen and oxygen atoms in total. The third-order valence-electron chi connectivity index (χ3n) is 2.25. The summed E-state index contributed by atoms with van der Waals surface area (Å²) in [7, 11) is 0. The number of hydrogen-bond acceptors (Lipinski definition) is 7. The number of aliphatic hydroxyl groups excluding tert-OH is 3. The Morgan fingerprint density at radius 2 is 2.12 bits per heavy atom. The van der Waals surface area contributed by atoms with E-state index < -0.39 is 36.9 Å². The standard InChI is InChI=1S/C8H14N2O6/c1-3(12)9-5-7(14)6(13)4(2-11)16-8(5)10-15/h4-7,11,13-15H,2H2,1H3,(H,9,12)/t4?,5?,6-,7?/m1/s1. The molecule has 1 aliphatic heterocycles. The summed E-state index contributed by atoms with van der Waals surface area (Å²) in [6.07, 6.45) is -3.89. The highest BCUT2D eigenvalue weighted by molar-refractivity contribution is 5.88. The van der Waals surface area contributed by atoms with Crippen molar-refractivity contribution in [2.24, 2.45) is 5.16 Å². The highest BCUT2D eigenvalue weighted by atomic mass is 16.6. The molecule has 0 radical (unpaired) electrons. The highest BCUT2D eigenvalue weighted by Crippen LogP contribution is 2.17. The van der Waals surface area contributed by atoms with Crippen LogP contribution in [-0.2, 0) is 9.53 Å². The maximum absolute atomic E-state index is 10.8. The monoisotopic (exact) mass is 234 g/mol. The van der Waals surface area contributed by atoms with Gasteiger partial charge in [0.1, 0.15) is 18.2 Å². The number of carbonyl (C=O) groups is 1. The lowest BCUT2D eigenvalue weighted by molar-refractivity contribution is -0.126. The van der Waals surface area contributed by atoms with E-state index >= 15 is 0 Å². The van der Waals surface area contributed by atoms with E-state index in [1.165, 1.54) is 6.92 Å². The van der Waals surface area contributed by atoms with Crippen LogP contribution in [0.4, 0.5) is 0 Å². The van der Waals surface area contributed by atoms with Gasteiger partial charge >= 0.3 is 0 Å². The van der Waals surface area contributed by atoms with E-state index in [2.05, 4.69) is 10.5 Å². The average Bonchev–Trinajstić information content (AvgIpc) is 2.25. The average molecular weight is 234 g/mol. The Labute approximate surface area is 91.1 Å². The van der Waals surface area contributed by atoms with E-state index in [0.717, 1.165) is 0 Å². The molecule has 16 heavy (non-hydrogen) atoms. The van der Waals surface area contributed by atoms with Crippen LogP contribution in [0.2, 0.25) is 0 Å². The minimum atomic E-state index is -1.42. The van der Waals surface area contributed by atoms with Crippen LogP contribution in [0, 0.1) is 0 Å². The zero-order valence-corrected chi connectivity index (χ0v) is 8.57. The second-order valence-electron chi connectivity index (χ2n) is 3.44. The van der Waals surface area contributed by atoms with Crippen molar-refractivity contribution in [3.05, 3.63) is 0 Å². The fourth-order valence-electron chi connectivity index (χ4n) is 1.46. The molecule has 0 bridgehead atoms. The van der Waals surface area contributed by atoms with E-state index in [1.807, 2.05) is 0 Å². The summed E-state index contributed by atoms with van der Waals surface area (Å²) < 4.78 is 4.91. The second kappa shape index (κ2) is 5.10. The van der Waals surface area contributed by atoms with E-state index in [4.69, 9.17) is 15.1 Å². The third kappa shape index (κ3) is 2.40. The molecular weight excluding hydrogens is 220 g/mol. The van der Waals surface area contributed by atoms with Crippen molar-refractivity contribution >= 4 is 11.8 Å². The zero-order valence-electron chi connectivity index (χ0n) is 8.57. The Balaban J connectivity index is 2.86. The first kappa shape index (κ1) is 12.7. The zero-order chi connectivity index (χ0) is 12.3. The molecule has 92 valence electrons. The Morgan fingerprint density at radius 3 is 2.56 bits per heavy atom. The Morgan fingerprint density at radius 1 is 1.50 bits per heavy atom. The number of aliphatic hydroxyl groups is 3. The summed E-state index contributed by atoms with van der Waals surface area (Å²) in [6.45, 7) is 0.649. The first-order valence-electron chi connectivity index (χ1n) is 4.64. The minimum Gasteiger partial charge on any atom is -0.468 e. The molecule has 1 rings (SSSR count). The smallest absolute Gasteiger partial charge is 0.251 e. The Hall–Kier alpha value is -1.38. The van der Waals surface area contributed by atoms with Crippen LogP contribution in [0.25, 0.3) is 0 Å². The van der Waals surface area contributed by atoms with Crippen molar-refractivity contribution < 1.29 is 30.1 Å². The summed E-state index contributed by atoms with van der Waals surface area (Å²) in [4.78, 5) is 10.8. The fraction of sp³-hybridized carbons (Fsp3) is 0.750. The quantitative estimate of drug-likeness (QED) is 0.263. The Kier molecular flexibility index (Phi) is 4.05. The van der Waals surface area contributed by atoms with E-state index in [0.29, 0.717) is 0 Å². The van der Waals surface area contributed by atoms with Crippen LogP contribution in [0.15, 0.2) is 5.16 Å². The molecule has 0 aliphatic carbocycles.